The summed E-state index contributed by atoms with van der Waals surface area (Å²) in [6.07, 6.45) is 2.04. The number of rotatable bonds is 2. The Labute approximate surface area is 141 Å². The third kappa shape index (κ3) is 2.54. The highest BCUT2D eigenvalue weighted by Gasteiger charge is 2.37. The first-order chi connectivity index (χ1) is 11.5. The zero-order valence-corrected chi connectivity index (χ0v) is 13.5. The molecule has 3 aromatic rings. The van der Waals surface area contributed by atoms with E-state index in [4.69, 9.17) is 11.6 Å². The first-order valence-electron chi connectivity index (χ1n) is 7.68. The molecule has 0 saturated carbocycles. The number of anilines is 1. The maximum Gasteiger partial charge on any atom is 0.263 e. The van der Waals surface area contributed by atoms with Gasteiger partial charge in [-0.25, -0.2) is 4.39 Å². The minimum Gasteiger partial charge on any atom is -0.342 e. The lowest BCUT2D eigenvalue weighted by molar-refractivity contribution is 0.124. The number of nitrogens with zero attached hydrogens (tertiary/aromatic N) is 3. The molecule has 1 fully saturated rings. The number of fused-ring (bicyclic) bond motifs is 1. The quantitative estimate of drug-likeness (QED) is 0.747. The van der Waals surface area contributed by atoms with Gasteiger partial charge in [-0.15, -0.1) is 0 Å². The summed E-state index contributed by atoms with van der Waals surface area (Å²) in [6, 6.07) is 6.93. The number of piperidine rings is 1. The Kier molecular flexibility index (Phi) is 3.53. The third-order valence-electron chi connectivity index (χ3n) is 4.50. The van der Waals surface area contributed by atoms with Crippen molar-refractivity contribution in [1.29, 1.82) is 0 Å². The zero-order valence-electron chi connectivity index (χ0n) is 12.7. The first kappa shape index (κ1) is 15.1. The Morgan fingerprint density at radius 2 is 2.08 bits per heavy atom. The molecular weight excluding hydrogens is 333 g/mol. The summed E-state index contributed by atoms with van der Waals surface area (Å²) in [7, 11) is 0. The van der Waals surface area contributed by atoms with Crippen molar-refractivity contribution in [3.05, 3.63) is 51.4 Å². The molecule has 0 amide bonds. The van der Waals surface area contributed by atoms with E-state index in [1.54, 1.807) is 24.3 Å². The summed E-state index contributed by atoms with van der Waals surface area (Å²) < 4.78 is 15.3. The van der Waals surface area contributed by atoms with Crippen molar-refractivity contribution in [3.8, 4) is 0 Å². The molecule has 0 aliphatic carbocycles. The number of hydrogen-bond acceptors (Lipinski definition) is 4. The molecule has 0 atom stereocenters. The molecule has 2 N–H and O–H groups in total. The van der Waals surface area contributed by atoms with E-state index in [2.05, 4.69) is 20.2 Å². The number of benzene rings is 1. The predicted molar refractivity (Wildman–Crippen MR) is 90.2 cm³/mol. The Balaban J connectivity index is 1.58. The molecule has 24 heavy (non-hydrogen) atoms. The third-order valence-corrected chi connectivity index (χ3v) is 4.74. The molecule has 0 bridgehead atoms. The highest BCUT2D eigenvalue weighted by Crippen LogP contribution is 2.38. The molecule has 8 heteroatoms. The van der Waals surface area contributed by atoms with Crippen molar-refractivity contribution in [2.45, 2.75) is 18.5 Å². The summed E-state index contributed by atoms with van der Waals surface area (Å²) in [5, 5.41) is 7.45. The topological polar surface area (TPSA) is 77.7 Å². The Bertz CT molecular complexity index is 945. The molecule has 0 spiro atoms. The van der Waals surface area contributed by atoms with Gasteiger partial charge in [0.2, 0.25) is 5.95 Å². The van der Waals surface area contributed by atoms with Crippen LogP contribution in [0.15, 0.2) is 35.3 Å². The van der Waals surface area contributed by atoms with Gasteiger partial charge in [-0.3, -0.25) is 14.9 Å². The van der Waals surface area contributed by atoms with Crippen molar-refractivity contribution in [2.75, 3.05) is 18.0 Å². The smallest absolute Gasteiger partial charge is 0.263 e. The number of aromatic amines is 2. The van der Waals surface area contributed by atoms with Crippen LogP contribution in [0.2, 0.25) is 5.02 Å². The number of H-pyrrole nitrogens is 2. The lowest BCUT2D eigenvalue weighted by atomic mass is 9.86. The highest BCUT2D eigenvalue weighted by atomic mass is 35.5. The van der Waals surface area contributed by atoms with Gasteiger partial charge in [0.25, 0.3) is 5.56 Å². The van der Waals surface area contributed by atoms with E-state index in [0.29, 0.717) is 53.5 Å². The van der Waals surface area contributed by atoms with Crippen LogP contribution in [0.4, 0.5) is 10.3 Å². The lowest BCUT2D eigenvalue weighted by Gasteiger charge is -2.37. The predicted octanol–water partition coefficient (Wildman–Crippen LogP) is 2.76. The van der Waals surface area contributed by atoms with Crippen LogP contribution >= 0.6 is 11.6 Å². The van der Waals surface area contributed by atoms with Gasteiger partial charge in [-0.1, -0.05) is 23.7 Å². The SMILES string of the molecule is O=c1[nH]c(N2CCC(F)(c3cccc(Cl)c3)CC2)nc2[nH]ncc12. The summed E-state index contributed by atoms with van der Waals surface area (Å²) in [5.41, 5.74) is -0.642. The number of hydrogen-bond donors (Lipinski definition) is 2. The maximum absolute atomic E-state index is 15.3. The van der Waals surface area contributed by atoms with Gasteiger partial charge >= 0.3 is 0 Å². The number of aromatic nitrogens is 4. The van der Waals surface area contributed by atoms with Gasteiger partial charge in [0.1, 0.15) is 11.1 Å². The fourth-order valence-corrected chi connectivity index (χ4v) is 3.30. The van der Waals surface area contributed by atoms with Gasteiger partial charge < -0.3 is 4.90 Å². The molecule has 4 rings (SSSR count). The van der Waals surface area contributed by atoms with Crippen molar-refractivity contribution >= 4 is 28.6 Å². The van der Waals surface area contributed by atoms with Crippen LogP contribution in [0.3, 0.4) is 0 Å². The minimum atomic E-state index is -1.42. The van der Waals surface area contributed by atoms with Crippen molar-refractivity contribution in [1.82, 2.24) is 20.2 Å². The number of halogens is 2. The molecule has 1 aliphatic heterocycles. The first-order valence-corrected chi connectivity index (χ1v) is 8.06. The van der Waals surface area contributed by atoms with E-state index in [1.807, 2.05) is 4.90 Å². The zero-order chi connectivity index (χ0) is 16.7. The monoisotopic (exact) mass is 347 g/mol. The van der Waals surface area contributed by atoms with Crippen LogP contribution in [0.1, 0.15) is 18.4 Å². The van der Waals surface area contributed by atoms with Gasteiger partial charge in [-0.05, 0) is 17.7 Å². The molecule has 1 aliphatic rings. The number of alkyl halides is 1. The summed E-state index contributed by atoms with van der Waals surface area (Å²) in [6.45, 7) is 0.900. The van der Waals surface area contributed by atoms with Crippen LogP contribution in [0, 0.1) is 0 Å². The van der Waals surface area contributed by atoms with E-state index in [1.165, 1.54) is 6.20 Å². The largest absolute Gasteiger partial charge is 0.342 e. The Morgan fingerprint density at radius 3 is 2.83 bits per heavy atom. The average molecular weight is 348 g/mol. The van der Waals surface area contributed by atoms with E-state index < -0.39 is 5.67 Å². The summed E-state index contributed by atoms with van der Waals surface area (Å²) in [4.78, 5) is 21.0. The van der Waals surface area contributed by atoms with E-state index >= 15 is 4.39 Å². The fourth-order valence-electron chi connectivity index (χ4n) is 3.11. The minimum absolute atomic E-state index is 0.254. The standard InChI is InChI=1S/C16H15ClFN5O/c17-11-3-1-2-10(8-11)16(18)4-6-23(7-5-16)15-20-13-12(9-19-22-13)14(24)21-15/h1-3,8-9H,4-7H2,(H2,19,20,21,22,24). The van der Waals surface area contributed by atoms with Crippen LogP contribution in [-0.2, 0) is 5.67 Å². The van der Waals surface area contributed by atoms with Crippen LogP contribution < -0.4 is 10.5 Å². The summed E-state index contributed by atoms with van der Waals surface area (Å²) >= 11 is 5.98. The normalized spacial score (nSPS) is 17.3. The van der Waals surface area contributed by atoms with E-state index in [-0.39, 0.29) is 5.56 Å². The average Bonchev–Trinajstić information content (AvgIpc) is 3.05. The van der Waals surface area contributed by atoms with E-state index in [9.17, 15) is 4.79 Å². The molecule has 1 saturated heterocycles. The molecule has 2 aromatic heterocycles. The Hall–Kier alpha value is -2.41. The second-order valence-corrected chi connectivity index (χ2v) is 6.42. The molecule has 0 unspecified atom stereocenters. The highest BCUT2D eigenvalue weighted by molar-refractivity contribution is 6.30. The van der Waals surface area contributed by atoms with Crippen molar-refractivity contribution < 1.29 is 4.39 Å². The molecule has 3 heterocycles. The fraction of sp³-hybridized carbons (Fsp3) is 0.312. The van der Waals surface area contributed by atoms with Crippen molar-refractivity contribution in [3.63, 3.8) is 0 Å². The van der Waals surface area contributed by atoms with Crippen LogP contribution in [0.25, 0.3) is 11.0 Å². The molecular formula is C16H15ClFN5O. The lowest BCUT2D eigenvalue weighted by Crippen LogP contribution is -2.41. The summed E-state index contributed by atoms with van der Waals surface area (Å²) in [5.74, 6) is 0.435. The van der Waals surface area contributed by atoms with Gasteiger partial charge in [0.15, 0.2) is 5.65 Å². The second kappa shape index (κ2) is 5.59. The van der Waals surface area contributed by atoms with Crippen LogP contribution in [-0.4, -0.2) is 33.3 Å². The molecule has 1 aromatic carbocycles. The Morgan fingerprint density at radius 1 is 1.29 bits per heavy atom. The van der Waals surface area contributed by atoms with E-state index in [0.717, 1.165) is 0 Å². The maximum atomic E-state index is 15.3. The van der Waals surface area contributed by atoms with Crippen molar-refractivity contribution in [2.24, 2.45) is 0 Å². The van der Waals surface area contributed by atoms with Gasteiger partial charge in [-0.2, -0.15) is 10.1 Å². The second-order valence-electron chi connectivity index (χ2n) is 5.98. The molecule has 6 nitrogen and oxygen atoms in total. The number of nitrogens with one attached hydrogen (secondary N) is 2. The van der Waals surface area contributed by atoms with Crippen LogP contribution in [0.5, 0.6) is 0 Å². The molecule has 124 valence electrons. The van der Waals surface area contributed by atoms with Gasteiger partial charge in [0.05, 0.1) is 6.20 Å². The molecule has 0 radical (unpaired) electrons. The van der Waals surface area contributed by atoms with Gasteiger partial charge in [0, 0.05) is 31.0 Å².